The van der Waals surface area contributed by atoms with Crippen molar-refractivity contribution in [2.45, 2.75) is 31.0 Å². The third-order valence-corrected chi connectivity index (χ3v) is 6.10. The Morgan fingerprint density at radius 2 is 1.81 bits per heavy atom. The number of phenolic OH excluding ortho intramolecular Hbond substituents is 1. The molecule has 0 aliphatic carbocycles. The monoisotopic (exact) mass is 452 g/mol. The minimum Gasteiger partial charge on any atom is -0.507 e. The van der Waals surface area contributed by atoms with E-state index in [-0.39, 0.29) is 23.7 Å². The molecule has 3 atom stereocenters. The van der Waals surface area contributed by atoms with E-state index < -0.39 is 6.10 Å². The Kier molecular flexibility index (Phi) is 6.58. The Labute approximate surface area is 192 Å². The first-order valence-electron chi connectivity index (χ1n) is 10.4. The van der Waals surface area contributed by atoms with Gasteiger partial charge < -0.3 is 25.2 Å². The van der Waals surface area contributed by atoms with Gasteiger partial charge in [-0.25, -0.2) is 4.39 Å². The first kappa shape index (κ1) is 22.0. The number of nitrogens with one attached hydrogen (secondary N) is 1. The highest BCUT2D eigenvalue weighted by molar-refractivity contribution is 7.80. The molecule has 0 bridgehead atoms. The Morgan fingerprint density at radius 1 is 1.09 bits per heavy atom. The number of nitrogens with zero attached hydrogens (tertiary/aromatic N) is 1. The summed E-state index contributed by atoms with van der Waals surface area (Å²) in [5, 5.41) is 25.3. The lowest BCUT2D eigenvalue weighted by Gasteiger charge is -2.29. The molecular formula is C25H25FN2O3S. The molecule has 1 aliphatic rings. The smallest absolute Gasteiger partial charge is 0.174 e. The standard InChI is InChI=1S/C25H25FN2O3S/c1-31-19-11-12-20(23(30)15-19)24-21(13-14-22(29)16-7-9-17(26)10-8-16)27-25(32)28(24)18-5-3-2-4-6-18/h2-12,15,21-22,24,29-30H,13-14H2,1H3,(H,27,32)/t21-,22-,24+/m0/s1. The third-order valence-electron chi connectivity index (χ3n) is 5.78. The molecule has 4 rings (SSSR count). The van der Waals surface area contributed by atoms with Crippen molar-refractivity contribution < 1.29 is 19.3 Å². The maximum absolute atomic E-state index is 13.2. The molecule has 1 heterocycles. The summed E-state index contributed by atoms with van der Waals surface area (Å²) in [5.41, 5.74) is 2.28. The number of phenols is 1. The average Bonchev–Trinajstić information content (AvgIpc) is 3.14. The van der Waals surface area contributed by atoms with E-state index in [1.165, 1.54) is 12.1 Å². The molecule has 3 aromatic carbocycles. The topological polar surface area (TPSA) is 65.0 Å². The van der Waals surface area contributed by atoms with E-state index in [0.29, 0.717) is 34.8 Å². The van der Waals surface area contributed by atoms with Crippen molar-refractivity contribution in [3.05, 3.63) is 89.7 Å². The van der Waals surface area contributed by atoms with E-state index in [1.54, 1.807) is 25.3 Å². The second-order valence-electron chi connectivity index (χ2n) is 7.78. The van der Waals surface area contributed by atoms with E-state index in [4.69, 9.17) is 17.0 Å². The molecule has 3 N–H and O–H groups in total. The molecule has 0 unspecified atom stereocenters. The van der Waals surface area contributed by atoms with Gasteiger partial charge in [-0.3, -0.25) is 0 Å². The molecule has 1 fully saturated rings. The number of hydrogen-bond donors (Lipinski definition) is 3. The van der Waals surface area contributed by atoms with Gasteiger partial charge in [-0.05, 0) is 67.0 Å². The average molecular weight is 453 g/mol. The zero-order chi connectivity index (χ0) is 22.7. The molecule has 3 aromatic rings. The summed E-state index contributed by atoms with van der Waals surface area (Å²) in [6.45, 7) is 0. The lowest BCUT2D eigenvalue weighted by Crippen LogP contribution is -2.29. The summed E-state index contributed by atoms with van der Waals surface area (Å²) in [6.07, 6.45) is 0.294. The van der Waals surface area contributed by atoms with E-state index in [1.807, 2.05) is 47.4 Å². The molecule has 1 aliphatic heterocycles. The van der Waals surface area contributed by atoms with Gasteiger partial charge in [-0.2, -0.15) is 0 Å². The van der Waals surface area contributed by atoms with Crippen molar-refractivity contribution >= 4 is 23.0 Å². The van der Waals surface area contributed by atoms with Crippen LogP contribution in [-0.4, -0.2) is 28.5 Å². The van der Waals surface area contributed by atoms with Crippen molar-refractivity contribution in [2.75, 3.05) is 12.0 Å². The molecule has 1 saturated heterocycles. The summed E-state index contributed by atoms with van der Waals surface area (Å²) < 4.78 is 18.4. The number of halogens is 1. The highest BCUT2D eigenvalue weighted by Crippen LogP contribution is 2.41. The number of aliphatic hydroxyl groups is 1. The number of rotatable bonds is 7. The Morgan fingerprint density at radius 3 is 2.47 bits per heavy atom. The van der Waals surface area contributed by atoms with Crippen LogP contribution in [0.2, 0.25) is 0 Å². The second-order valence-corrected chi connectivity index (χ2v) is 8.16. The van der Waals surface area contributed by atoms with Crippen molar-refractivity contribution in [3.8, 4) is 11.5 Å². The quantitative estimate of drug-likeness (QED) is 0.445. The Balaban J connectivity index is 1.63. The van der Waals surface area contributed by atoms with Crippen LogP contribution in [0.3, 0.4) is 0 Å². The van der Waals surface area contributed by atoms with Crippen LogP contribution in [0.5, 0.6) is 11.5 Å². The van der Waals surface area contributed by atoms with E-state index in [0.717, 1.165) is 5.69 Å². The van der Waals surface area contributed by atoms with Crippen LogP contribution in [0.1, 0.15) is 36.1 Å². The van der Waals surface area contributed by atoms with Gasteiger partial charge in [0.2, 0.25) is 0 Å². The minimum atomic E-state index is -0.734. The number of methoxy groups -OCH3 is 1. The van der Waals surface area contributed by atoms with Crippen LogP contribution >= 0.6 is 12.2 Å². The number of benzene rings is 3. The van der Waals surface area contributed by atoms with Crippen LogP contribution in [0.25, 0.3) is 0 Å². The molecule has 0 amide bonds. The number of para-hydroxylation sites is 1. The first-order chi connectivity index (χ1) is 15.5. The summed E-state index contributed by atoms with van der Waals surface area (Å²) in [5.74, 6) is 0.345. The summed E-state index contributed by atoms with van der Waals surface area (Å²) in [7, 11) is 1.55. The third kappa shape index (κ3) is 4.54. The molecule has 0 spiro atoms. The Hall–Kier alpha value is -3.16. The number of aromatic hydroxyl groups is 1. The van der Waals surface area contributed by atoms with Crippen LogP contribution in [0.4, 0.5) is 10.1 Å². The van der Waals surface area contributed by atoms with Crippen LogP contribution in [0.15, 0.2) is 72.8 Å². The predicted molar refractivity (Wildman–Crippen MR) is 126 cm³/mol. The summed E-state index contributed by atoms with van der Waals surface area (Å²) in [6, 6.07) is 20.4. The predicted octanol–water partition coefficient (Wildman–Crippen LogP) is 4.86. The number of aliphatic hydroxyl groups excluding tert-OH is 1. The van der Waals surface area contributed by atoms with Crippen molar-refractivity contribution in [1.29, 1.82) is 0 Å². The lowest BCUT2D eigenvalue weighted by atomic mass is 9.92. The minimum absolute atomic E-state index is 0.117. The van der Waals surface area contributed by atoms with Gasteiger partial charge in [0.05, 0.1) is 25.3 Å². The fraction of sp³-hybridized carbons (Fsp3) is 0.240. The van der Waals surface area contributed by atoms with Gasteiger partial charge in [-0.15, -0.1) is 0 Å². The van der Waals surface area contributed by atoms with Crippen LogP contribution in [0, 0.1) is 5.82 Å². The second kappa shape index (κ2) is 9.54. The summed E-state index contributed by atoms with van der Waals surface area (Å²) >= 11 is 5.66. The molecule has 0 aromatic heterocycles. The Bertz CT molecular complexity index is 1080. The van der Waals surface area contributed by atoms with Gasteiger partial charge in [0.25, 0.3) is 0 Å². The largest absolute Gasteiger partial charge is 0.507 e. The summed E-state index contributed by atoms with van der Waals surface area (Å²) in [4.78, 5) is 1.99. The fourth-order valence-corrected chi connectivity index (χ4v) is 4.53. The number of ether oxygens (including phenoxy) is 1. The van der Waals surface area contributed by atoms with Gasteiger partial charge in [0.1, 0.15) is 17.3 Å². The number of thiocarbonyl (C=S) groups is 1. The molecule has 0 saturated carbocycles. The maximum atomic E-state index is 13.2. The highest BCUT2D eigenvalue weighted by Gasteiger charge is 2.40. The van der Waals surface area contributed by atoms with E-state index in [9.17, 15) is 14.6 Å². The zero-order valence-electron chi connectivity index (χ0n) is 17.6. The van der Waals surface area contributed by atoms with Crippen molar-refractivity contribution in [1.82, 2.24) is 5.32 Å². The van der Waals surface area contributed by atoms with Gasteiger partial charge in [0, 0.05) is 17.3 Å². The van der Waals surface area contributed by atoms with Crippen LogP contribution in [-0.2, 0) is 0 Å². The zero-order valence-corrected chi connectivity index (χ0v) is 18.4. The van der Waals surface area contributed by atoms with Crippen molar-refractivity contribution in [2.24, 2.45) is 0 Å². The fourth-order valence-electron chi connectivity index (χ4n) is 4.16. The maximum Gasteiger partial charge on any atom is 0.174 e. The SMILES string of the molecule is COc1ccc([C@@H]2[C@H](CC[C@H](O)c3ccc(F)cc3)NC(=S)N2c2ccccc2)c(O)c1. The lowest BCUT2D eigenvalue weighted by molar-refractivity contribution is 0.159. The van der Waals surface area contributed by atoms with Crippen LogP contribution < -0.4 is 15.0 Å². The van der Waals surface area contributed by atoms with Gasteiger partial charge in [-0.1, -0.05) is 30.3 Å². The molecule has 166 valence electrons. The van der Waals surface area contributed by atoms with E-state index >= 15 is 0 Å². The molecule has 5 nitrogen and oxygen atoms in total. The van der Waals surface area contributed by atoms with Gasteiger partial charge in [0.15, 0.2) is 5.11 Å². The van der Waals surface area contributed by atoms with Crippen molar-refractivity contribution in [3.63, 3.8) is 0 Å². The molecular weight excluding hydrogens is 427 g/mol. The first-order valence-corrected chi connectivity index (χ1v) is 10.8. The number of hydrogen-bond acceptors (Lipinski definition) is 4. The normalized spacial score (nSPS) is 19.0. The molecule has 7 heteroatoms. The highest BCUT2D eigenvalue weighted by atomic mass is 32.1. The number of anilines is 1. The van der Waals surface area contributed by atoms with Gasteiger partial charge >= 0.3 is 0 Å². The molecule has 0 radical (unpaired) electrons. The molecule has 32 heavy (non-hydrogen) atoms. The van der Waals surface area contributed by atoms with E-state index in [2.05, 4.69) is 5.32 Å².